The average Bonchev–Trinajstić information content (AvgIpc) is 3.29. The number of rotatable bonds is 6. The van der Waals surface area contributed by atoms with Crippen LogP contribution in [0.25, 0.3) is 0 Å². The minimum atomic E-state index is -0.232. The molecule has 134 valence electrons. The summed E-state index contributed by atoms with van der Waals surface area (Å²) in [5.41, 5.74) is 0.481. The first-order valence-corrected chi connectivity index (χ1v) is 8.49. The van der Waals surface area contributed by atoms with Gasteiger partial charge in [0.2, 0.25) is 5.89 Å². The summed E-state index contributed by atoms with van der Waals surface area (Å²) in [7, 11) is 0. The van der Waals surface area contributed by atoms with Crippen molar-refractivity contribution in [2.45, 2.75) is 32.7 Å². The molecule has 1 amide bonds. The number of carbonyl (C=O) groups is 1. The molecule has 0 unspecified atom stereocenters. The third-order valence-corrected chi connectivity index (χ3v) is 4.26. The van der Waals surface area contributed by atoms with Gasteiger partial charge in [0, 0.05) is 37.7 Å². The van der Waals surface area contributed by atoms with E-state index in [1.54, 1.807) is 12.3 Å². The van der Waals surface area contributed by atoms with Crippen molar-refractivity contribution >= 4 is 11.7 Å². The number of hydrogen-bond donors (Lipinski definition) is 2. The number of carbonyl (C=O) groups excluding carboxylic acids is 1. The van der Waals surface area contributed by atoms with Gasteiger partial charge in [0.25, 0.3) is 5.91 Å². The van der Waals surface area contributed by atoms with Gasteiger partial charge in [-0.1, -0.05) is 19.0 Å². The number of nitrogens with zero attached hydrogens (tertiary/aromatic N) is 4. The Morgan fingerprint density at radius 1 is 1.48 bits per heavy atom. The van der Waals surface area contributed by atoms with Gasteiger partial charge < -0.3 is 19.8 Å². The molecule has 0 saturated carbocycles. The van der Waals surface area contributed by atoms with Crippen molar-refractivity contribution in [1.82, 2.24) is 20.4 Å². The molecule has 8 nitrogen and oxygen atoms in total. The van der Waals surface area contributed by atoms with Gasteiger partial charge in [-0.15, -0.1) is 0 Å². The molecule has 3 heterocycles. The number of pyridine rings is 1. The van der Waals surface area contributed by atoms with Gasteiger partial charge in [0.15, 0.2) is 5.82 Å². The van der Waals surface area contributed by atoms with Gasteiger partial charge in [0.1, 0.15) is 5.82 Å². The number of anilines is 1. The second-order valence-electron chi connectivity index (χ2n) is 6.57. The van der Waals surface area contributed by atoms with Crippen molar-refractivity contribution in [1.29, 1.82) is 0 Å². The van der Waals surface area contributed by atoms with E-state index in [1.165, 1.54) is 0 Å². The molecule has 0 aromatic carbocycles. The number of aromatic nitrogens is 3. The average molecular weight is 345 g/mol. The van der Waals surface area contributed by atoms with E-state index in [0.29, 0.717) is 23.2 Å². The van der Waals surface area contributed by atoms with Crippen LogP contribution >= 0.6 is 0 Å². The highest BCUT2D eigenvalue weighted by Gasteiger charge is 2.22. The summed E-state index contributed by atoms with van der Waals surface area (Å²) in [4.78, 5) is 22.9. The fraction of sp³-hybridized carbons (Fsp3) is 0.529. The van der Waals surface area contributed by atoms with E-state index in [1.807, 2.05) is 19.9 Å². The summed E-state index contributed by atoms with van der Waals surface area (Å²) in [5, 5.41) is 15.8. The summed E-state index contributed by atoms with van der Waals surface area (Å²) < 4.78 is 5.11. The third kappa shape index (κ3) is 4.14. The smallest absolute Gasteiger partial charge is 0.253 e. The van der Waals surface area contributed by atoms with E-state index < -0.39 is 0 Å². The maximum atomic E-state index is 12.2. The van der Waals surface area contributed by atoms with Crippen LogP contribution in [0.3, 0.4) is 0 Å². The molecule has 2 N–H and O–H groups in total. The van der Waals surface area contributed by atoms with Crippen molar-refractivity contribution in [3.05, 3.63) is 35.6 Å². The van der Waals surface area contributed by atoms with Crippen LogP contribution in [0.2, 0.25) is 0 Å². The molecular weight excluding hydrogens is 322 g/mol. The van der Waals surface area contributed by atoms with E-state index in [-0.39, 0.29) is 25.0 Å². The Balaban J connectivity index is 1.55. The minimum absolute atomic E-state index is 0.157. The number of aliphatic hydroxyl groups excluding tert-OH is 1. The maximum absolute atomic E-state index is 12.2. The molecule has 2 aromatic heterocycles. The van der Waals surface area contributed by atoms with Gasteiger partial charge in [-0.05, 0) is 18.6 Å². The highest BCUT2D eigenvalue weighted by molar-refractivity contribution is 5.93. The zero-order valence-electron chi connectivity index (χ0n) is 14.5. The monoisotopic (exact) mass is 345 g/mol. The Morgan fingerprint density at radius 2 is 2.32 bits per heavy atom. The van der Waals surface area contributed by atoms with Crippen LogP contribution in [-0.4, -0.2) is 45.8 Å². The third-order valence-electron chi connectivity index (χ3n) is 4.26. The molecule has 1 fully saturated rings. The zero-order valence-corrected chi connectivity index (χ0v) is 14.5. The van der Waals surface area contributed by atoms with Crippen LogP contribution in [0.15, 0.2) is 22.9 Å². The fourth-order valence-corrected chi connectivity index (χ4v) is 2.73. The molecule has 1 saturated heterocycles. The zero-order chi connectivity index (χ0) is 17.8. The molecule has 3 rings (SSSR count). The topological polar surface area (TPSA) is 104 Å². The molecular formula is C17H23N5O3. The Labute approximate surface area is 146 Å². The SMILES string of the molecule is CC(C)c1nc(CNC(=O)c2ccc(N3CC[C@@H](CO)C3)nc2)no1. The van der Waals surface area contributed by atoms with Crippen molar-refractivity contribution in [3.63, 3.8) is 0 Å². The lowest BCUT2D eigenvalue weighted by Crippen LogP contribution is -2.24. The van der Waals surface area contributed by atoms with Gasteiger partial charge in [0.05, 0.1) is 12.1 Å². The maximum Gasteiger partial charge on any atom is 0.253 e. The molecule has 25 heavy (non-hydrogen) atoms. The molecule has 0 spiro atoms. The first-order valence-electron chi connectivity index (χ1n) is 8.49. The fourth-order valence-electron chi connectivity index (χ4n) is 2.73. The molecule has 8 heteroatoms. The van der Waals surface area contributed by atoms with E-state index in [9.17, 15) is 9.90 Å². The van der Waals surface area contributed by atoms with Crippen LogP contribution in [0.4, 0.5) is 5.82 Å². The normalized spacial score (nSPS) is 17.3. The highest BCUT2D eigenvalue weighted by Crippen LogP contribution is 2.21. The summed E-state index contributed by atoms with van der Waals surface area (Å²) in [5.74, 6) is 2.06. The lowest BCUT2D eigenvalue weighted by molar-refractivity contribution is 0.0949. The molecule has 0 aliphatic carbocycles. The van der Waals surface area contributed by atoms with E-state index in [0.717, 1.165) is 25.3 Å². The van der Waals surface area contributed by atoms with Crippen molar-refractivity contribution in [2.75, 3.05) is 24.6 Å². The first kappa shape index (κ1) is 17.3. The van der Waals surface area contributed by atoms with Crippen LogP contribution in [0.5, 0.6) is 0 Å². The first-order chi connectivity index (χ1) is 12.1. The summed E-state index contributed by atoms with van der Waals surface area (Å²) >= 11 is 0. The molecule has 0 bridgehead atoms. The highest BCUT2D eigenvalue weighted by atomic mass is 16.5. The van der Waals surface area contributed by atoms with Gasteiger partial charge in [-0.25, -0.2) is 4.98 Å². The number of aliphatic hydroxyl groups is 1. The van der Waals surface area contributed by atoms with Crippen molar-refractivity contribution in [3.8, 4) is 0 Å². The lowest BCUT2D eigenvalue weighted by Gasteiger charge is -2.17. The van der Waals surface area contributed by atoms with Crippen LogP contribution < -0.4 is 10.2 Å². The Bertz CT molecular complexity index is 713. The van der Waals surface area contributed by atoms with Gasteiger partial charge in [-0.3, -0.25) is 4.79 Å². The van der Waals surface area contributed by atoms with Crippen LogP contribution in [0, 0.1) is 5.92 Å². The predicted octanol–water partition coefficient (Wildman–Crippen LogP) is 1.34. The molecule has 2 aromatic rings. The van der Waals surface area contributed by atoms with Crippen LogP contribution in [-0.2, 0) is 6.54 Å². The standard InChI is InChI=1S/C17H23N5O3/c1-11(2)17-20-14(21-25-17)8-19-16(24)13-3-4-15(18-7-13)22-6-5-12(9-22)10-23/h3-4,7,11-12,23H,5-6,8-10H2,1-2H3,(H,19,24)/t12-/m1/s1. The predicted molar refractivity (Wildman–Crippen MR) is 91.2 cm³/mol. The number of nitrogens with one attached hydrogen (secondary N) is 1. The largest absolute Gasteiger partial charge is 0.396 e. The van der Waals surface area contributed by atoms with E-state index >= 15 is 0 Å². The molecule has 0 radical (unpaired) electrons. The second-order valence-corrected chi connectivity index (χ2v) is 6.57. The van der Waals surface area contributed by atoms with E-state index in [4.69, 9.17) is 4.52 Å². The quantitative estimate of drug-likeness (QED) is 0.814. The summed E-state index contributed by atoms with van der Waals surface area (Å²) in [6.45, 7) is 6.01. The Hall–Kier alpha value is -2.48. The second kappa shape index (κ2) is 7.60. The van der Waals surface area contributed by atoms with Crippen molar-refractivity contribution < 1.29 is 14.4 Å². The van der Waals surface area contributed by atoms with Crippen LogP contribution in [0.1, 0.15) is 48.3 Å². The number of hydrogen-bond acceptors (Lipinski definition) is 7. The molecule has 1 atom stereocenters. The Morgan fingerprint density at radius 3 is 2.92 bits per heavy atom. The van der Waals surface area contributed by atoms with Crippen molar-refractivity contribution in [2.24, 2.45) is 5.92 Å². The van der Waals surface area contributed by atoms with Gasteiger partial charge >= 0.3 is 0 Å². The lowest BCUT2D eigenvalue weighted by atomic mass is 10.1. The molecule has 1 aliphatic rings. The Kier molecular flexibility index (Phi) is 5.28. The van der Waals surface area contributed by atoms with Gasteiger partial charge in [-0.2, -0.15) is 4.98 Å². The molecule has 1 aliphatic heterocycles. The summed E-state index contributed by atoms with van der Waals surface area (Å²) in [6, 6.07) is 3.58. The number of amides is 1. The van der Waals surface area contributed by atoms with E-state index in [2.05, 4.69) is 25.3 Å². The summed E-state index contributed by atoms with van der Waals surface area (Å²) in [6.07, 6.45) is 2.52. The minimum Gasteiger partial charge on any atom is -0.396 e.